The quantitative estimate of drug-likeness (QED) is 0.409. The van der Waals surface area contributed by atoms with Crippen molar-refractivity contribution >= 4 is 30.2 Å². The van der Waals surface area contributed by atoms with Gasteiger partial charge >= 0.3 is 106 Å². The van der Waals surface area contributed by atoms with E-state index in [-0.39, 0.29) is 38.8 Å². The monoisotopic (exact) mass is 270 g/mol. The van der Waals surface area contributed by atoms with E-state index in [1.165, 1.54) is 18.2 Å². The van der Waals surface area contributed by atoms with Gasteiger partial charge in [0.15, 0.2) is 0 Å². The number of hydrogen-bond donors (Lipinski definition) is 0. The van der Waals surface area contributed by atoms with Crippen molar-refractivity contribution in [3.05, 3.63) is 24.3 Å². The van der Waals surface area contributed by atoms with E-state index in [4.69, 9.17) is 0 Å². The first kappa shape index (κ1) is 13.5. The average Bonchev–Trinajstić information content (AvgIpc) is 2.03. The van der Waals surface area contributed by atoms with Gasteiger partial charge in [0.1, 0.15) is 0 Å². The molecule has 0 heterocycles. The van der Waals surface area contributed by atoms with Crippen molar-refractivity contribution in [3.8, 4) is 0 Å². The van der Waals surface area contributed by atoms with Crippen LogP contribution in [0.5, 0.6) is 0 Å². The Hall–Kier alpha value is 0.488. The Labute approximate surface area is 105 Å². The van der Waals surface area contributed by atoms with Crippen LogP contribution in [0.15, 0.2) is 29.2 Å². The van der Waals surface area contributed by atoms with Crippen molar-refractivity contribution in [2.45, 2.75) is 4.90 Å². The third-order valence-electron chi connectivity index (χ3n) is 1.23. The zero-order valence-electron chi connectivity index (χ0n) is 6.80. The molecule has 0 saturated heterocycles. The predicted molar refractivity (Wildman–Crippen MR) is 40.5 cm³/mol. The summed E-state index contributed by atoms with van der Waals surface area (Å²) in [6.45, 7) is 0. The topological polar surface area (TPSA) is 74.3 Å². The van der Waals surface area contributed by atoms with Gasteiger partial charge in [-0.1, -0.05) is 0 Å². The molecule has 7 heteroatoms. The van der Waals surface area contributed by atoms with Crippen LogP contribution in [0.25, 0.3) is 0 Å². The molecule has 0 atom stereocenters. The van der Waals surface area contributed by atoms with Gasteiger partial charge in [-0.15, -0.1) is 0 Å². The van der Waals surface area contributed by atoms with E-state index < -0.39 is 25.8 Å². The third kappa shape index (κ3) is 3.62. The maximum Gasteiger partial charge on any atom is 1.00 e. The minimum absolute atomic E-state index is 0. The second kappa shape index (κ2) is 5.39. The fraction of sp³-hybridized carbons (Fsp3) is 0. The summed E-state index contributed by atoms with van der Waals surface area (Å²) in [6.07, 6.45) is 0. The first-order valence-electron chi connectivity index (χ1n) is 2.94. The van der Waals surface area contributed by atoms with Gasteiger partial charge in [-0.2, -0.15) is 0 Å². The van der Waals surface area contributed by atoms with Gasteiger partial charge in [0.05, 0.1) is 0 Å². The summed E-state index contributed by atoms with van der Waals surface area (Å²) in [5.74, 6) is 0. The van der Waals surface area contributed by atoms with Crippen molar-refractivity contribution in [2.75, 3.05) is 0 Å². The van der Waals surface area contributed by atoms with Crippen LogP contribution in [-0.2, 0) is 13.9 Å². The molecule has 64 valence electrons. The molecular formula is C6H4AsNaO4S. The van der Waals surface area contributed by atoms with Gasteiger partial charge in [0.2, 0.25) is 0 Å². The van der Waals surface area contributed by atoms with Gasteiger partial charge < -0.3 is 0 Å². The van der Waals surface area contributed by atoms with Crippen LogP contribution in [-0.4, -0.2) is 28.7 Å². The van der Waals surface area contributed by atoms with E-state index in [0.717, 1.165) is 6.07 Å². The molecule has 0 aromatic heterocycles. The van der Waals surface area contributed by atoms with Gasteiger partial charge in [-0.05, 0) is 0 Å². The van der Waals surface area contributed by atoms with Gasteiger partial charge in [-0.25, -0.2) is 0 Å². The second-order valence-electron chi connectivity index (χ2n) is 2.01. The van der Waals surface area contributed by atoms with Crippen LogP contribution in [0, 0.1) is 0 Å². The summed E-state index contributed by atoms with van der Waals surface area (Å²) in [6, 6.07) is 5.49. The first-order valence-corrected chi connectivity index (χ1v) is 6.05. The maximum atomic E-state index is 10.5. The molecule has 4 nitrogen and oxygen atoms in total. The van der Waals surface area contributed by atoms with Crippen molar-refractivity contribution in [3.63, 3.8) is 0 Å². The van der Waals surface area contributed by atoms with E-state index in [1.54, 1.807) is 0 Å². The summed E-state index contributed by atoms with van der Waals surface area (Å²) in [5.41, 5.74) is 0. The Balaban J connectivity index is 0.00000144. The minimum Gasteiger partial charge on any atom is 1.00 e. The summed E-state index contributed by atoms with van der Waals surface area (Å²) < 4.78 is 42.2. The zero-order valence-corrected chi connectivity index (χ0v) is 11.5. The largest absolute Gasteiger partial charge is 1.00 e. The maximum absolute atomic E-state index is 10.5. The minimum atomic E-state index is -4.47. The molecule has 1 aromatic carbocycles. The summed E-state index contributed by atoms with van der Waals surface area (Å²) in [7, 11) is -4.47. The van der Waals surface area contributed by atoms with Crippen LogP contribution in [0.1, 0.15) is 0 Å². The van der Waals surface area contributed by atoms with Crippen molar-refractivity contribution in [1.82, 2.24) is 0 Å². The van der Waals surface area contributed by atoms with E-state index in [0.29, 0.717) is 0 Å². The molecule has 0 spiro atoms. The Kier molecular flexibility index (Phi) is 5.59. The summed E-state index contributed by atoms with van der Waals surface area (Å²) in [4.78, 5) is -0.375. The molecule has 0 aliphatic carbocycles. The van der Waals surface area contributed by atoms with E-state index in [9.17, 15) is 16.7 Å². The Morgan fingerprint density at radius 1 is 1.23 bits per heavy atom. The molecular weight excluding hydrogens is 266 g/mol. The van der Waals surface area contributed by atoms with Crippen molar-refractivity contribution < 1.29 is 46.3 Å². The van der Waals surface area contributed by atoms with E-state index in [1.807, 2.05) is 0 Å². The molecule has 1 rings (SSSR count). The second-order valence-corrected chi connectivity index (χ2v) is 4.76. The fourth-order valence-corrected chi connectivity index (χ4v) is 2.86. The van der Waals surface area contributed by atoms with Gasteiger partial charge in [0, 0.05) is 0 Å². The number of rotatable bonds is 2. The molecule has 1 aromatic rings. The zero-order chi connectivity index (χ0) is 9.19. The van der Waals surface area contributed by atoms with Crippen LogP contribution >= 0.6 is 0 Å². The first-order chi connectivity index (χ1) is 5.55. The molecule has 0 radical (unpaired) electrons. The normalized spacial score (nSPS) is 10.8. The number of benzene rings is 1. The molecule has 0 bridgehead atoms. The smallest absolute Gasteiger partial charge is 1.00 e. The summed E-state index contributed by atoms with van der Waals surface area (Å²) >= 11 is -1.47. The Morgan fingerprint density at radius 2 is 1.77 bits per heavy atom. The van der Waals surface area contributed by atoms with Crippen molar-refractivity contribution in [1.29, 1.82) is 0 Å². The van der Waals surface area contributed by atoms with Gasteiger partial charge in [-0.3, -0.25) is 0 Å². The van der Waals surface area contributed by atoms with E-state index in [2.05, 4.69) is 0 Å². The Morgan fingerprint density at radius 3 is 2.15 bits per heavy atom. The van der Waals surface area contributed by atoms with Crippen LogP contribution < -0.4 is 33.9 Å². The van der Waals surface area contributed by atoms with Crippen LogP contribution in [0.4, 0.5) is 0 Å². The van der Waals surface area contributed by atoms with E-state index >= 15 is 0 Å². The third-order valence-corrected chi connectivity index (χ3v) is 3.69. The molecule has 0 saturated carbocycles. The molecule has 0 N–H and O–H groups in total. The molecule has 13 heavy (non-hydrogen) atoms. The SMILES string of the molecule is O=[As]c1ccccc1S(=O)(=O)[O-].[Na+]. The average molecular weight is 270 g/mol. The molecule has 0 unspecified atom stereocenters. The van der Waals surface area contributed by atoms with Crippen molar-refractivity contribution in [2.24, 2.45) is 0 Å². The van der Waals surface area contributed by atoms with Gasteiger partial charge in [0.25, 0.3) is 0 Å². The Bertz CT molecular complexity index is 403. The molecule has 0 amide bonds. The van der Waals surface area contributed by atoms with Crippen LogP contribution in [0.2, 0.25) is 0 Å². The standard InChI is InChI=1S/C6H5AsO4S.Na/c8-7-5-3-1-2-4-6(5)12(9,10)11;/h1-4H,(H,9,10,11);/q;+1/p-1. The van der Waals surface area contributed by atoms with Crippen LogP contribution in [0.3, 0.4) is 0 Å². The molecule has 0 aliphatic heterocycles. The molecule has 0 aliphatic rings. The summed E-state index contributed by atoms with van der Waals surface area (Å²) in [5, 5.41) is 0. The molecule has 0 fully saturated rings. The fourth-order valence-electron chi connectivity index (χ4n) is 0.744. The number of hydrogen-bond acceptors (Lipinski definition) is 4. The predicted octanol–water partition coefficient (Wildman–Crippen LogP) is -3.73.